The largest absolute Gasteiger partial charge is 0.492 e. The lowest BCUT2D eigenvalue weighted by molar-refractivity contribution is -0.112. The fourth-order valence-corrected chi connectivity index (χ4v) is 4.74. The van der Waals surface area contributed by atoms with Crippen LogP contribution in [-0.2, 0) is 11.3 Å². The van der Waals surface area contributed by atoms with Crippen LogP contribution in [0.2, 0.25) is 0 Å². The molecule has 6 rings (SSSR count). The Kier molecular flexibility index (Phi) is 5.58. The van der Waals surface area contributed by atoms with Crippen molar-refractivity contribution in [3.05, 3.63) is 126 Å². The van der Waals surface area contributed by atoms with Crippen LogP contribution >= 0.6 is 0 Å². The topological polar surface area (TPSA) is 34.5 Å². The number of benzene rings is 4. The molecule has 176 valence electrons. The van der Waals surface area contributed by atoms with Crippen molar-refractivity contribution in [2.24, 2.45) is 0 Å². The molecule has 1 aromatic heterocycles. The van der Waals surface area contributed by atoms with Gasteiger partial charge in [-0.05, 0) is 54.6 Å². The van der Waals surface area contributed by atoms with Crippen LogP contribution in [0, 0.1) is 5.82 Å². The molecule has 0 saturated carbocycles. The molecule has 0 atom stereocenters. The average Bonchev–Trinajstić information content (AvgIpc) is 3.40. The highest BCUT2D eigenvalue weighted by Gasteiger charge is 2.33. The van der Waals surface area contributed by atoms with Gasteiger partial charge in [-0.2, -0.15) is 0 Å². The van der Waals surface area contributed by atoms with E-state index in [1.165, 1.54) is 12.1 Å². The SMILES string of the molecule is O=C1/C(=C/c2cn(CCOc3ccc(F)cc3)c3ccccc23)c2ccccc2N1c1ccccc1. The van der Waals surface area contributed by atoms with E-state index in [4.69, 9.17) is 4.74 Å². The van der Waals surface area contributed by atoms with Crippen LogP contribution in [0.5, 0.6) is 5.75 Å². The Balaban J connectivity index is 1.35. The van der Waals surface area contributed by atoms with Gasteiger partial charge in [-0.1, -0.05) is 54.6 Å². The molecule has 0 aliphatic carbocycles. The van der Waals surface area contributed by atoms with Gasteiger partial charge < -0.3 is 9.30 Å². The first kappa shape index (κ1) is 21.9. The Morgan fingerprint density at radius 2 is 1.53 bits per heavy atom. The van der Waals surface area contributed by atoms with Gasteiger partial charge in [0.15, 0.2) is 0 Å². The number of hydrogen-bond donors (Lipinski definition) is 0. The molecular weight excluding hydrogens is 451 g/mol. The van der Waals surface area contributed by atoms with Crippen molar-refractivity contribution in [3.8, 4) is 5.75 Å². The normalized spacial score (nSPS) is 14.0. The Morgan fingerprint density at radius 3 is 2.36 bits per heavy atom. The second kappa shape index (κ2) is 9.19. The summed E-state index contributed by atoms with van der Waals surface area (Å²) in [6.45, 7) is 1.05. The van der Waals surface area contributed by atoms with Crippen molar-refractivity contribution < 1.29 is 13.9 Å². The van der Waals surface area contributed by atoms with E-state index in [2.05, 4.69) is 22.9 Å². The maximum Gasteiger partial charge on any atom is 0.263 e. The molecule has 4 aromatic carbocycles. The summed E-state index contributed by atoms with van der Waals surface area (Å²) < 4.78 is 21.1. The molecule has 1 aliphatic rings. The predicted molar refractivity (Wildman–Crippen MR) is 142 cm³/mol. The number of fused-ring (bicyclic) bond motifs is 2. The van der Waals surface area contributed by atoms with Crippen LogP contribution in [-0.4, -0.2) is 17.1 Å². The molecule has 4 nitrogen and oxygen atoms in total. The summed E-state index contributed by atoms with van der Waals surface area (Å²) in [5.41, 5.74) is 5.35. The van der Waals surface area contributed by atoms with Crippen molar-refractivity contribution >= 4 is 39.8 Å². The van der Waals surface area contributed by atoms with Gasteiger partial charge in [-0.15, -0.1) is 0 Å². The Morgan fingerprint density at radius 1 is 0.806 bits per heavy atom. The van der Waals surface area contributed by atoms with Crippen molar-refractivity contribution in [3.63, 3.8) is 0 Å². The molecule has 2 heterocycles. The standard InChI is InChI=1S/C31H23FN2O2/c32-23-14-16-25(17-15-23)36-19-18-33-21-22(26-10-4-6-12-29(26)33)20-28-27-11-5-7-13-30(27)34(31(28)35)24-8-2-1-3-9-24/h1-17,20-21H,18-19H2/b28-20+. The summed E-state index contributed by atoms with van der Waals surface area (Å²) in [5, 5.41) is 1.07. The maximum atomic E-state index is 13.7. The van der Waals surface area contributed by atoms with E-state index in [1.54, 1.807) is 17.0 Å². The van der Waals surface area contributed by atoms with Crippen molar-refractivity contribution in [2.75, 3.05) is 11.5 Å². The number of carbonyl (C=O) groups is 1. The summed E-state index contributed by atoms with van der Waals surface area (Å²) >= 11 is 0. The van der Waals surface area contributed by atoms with E-state index in [0.29, 0.717) is 24.5 Å². The number of ether oxygens (including phenoxy) is 1. The monoisotopic (exact) mass is 474 g/mol. The van der Waals surface area contributed by atoms with Crippen LogP contribution in [0.25, 0.3) is 22.6 Å². The van der Waals surface area contributed by atoms with Crippen molar-refractivity contribution in [1.29, 1.82) is 0 Å². The number of para-hydroxylation sites is 3. The summed E-state index contributed by atoms with van der Waals surface area (Å²) in [6.07, 6.45) is 4.05. The van der Waals surface area contributed by atoms with Gasteiger partial charge in [0.2, 0.25) is 0 Å². The highest BCUT2D eigenvalue weighted by atomic mass is 19.1. The molecule has 0 fully saturated rings. The minimum Gasteiger partial charge on any atom is -0.492 e. The molecule has 0 unspecified atom stereocenters. The third kappa shape index (κ3) is 3.95. The van der Waals surface area contributed by atoms with Crippen molar-refractivity contribution in [2.45, 2.75) is 6.54 Å². The molecule has 0 N–H and O–H groups in total. The number of nitrogens with zero attached hydrogens (tertiary/aromatic N) is 2. The first-order valence-electron chi connectivity index (χ1n) is 11.9. The van der Waals surface area contributed by atoms with E-state index in [1.807, 2.05) is 72.8 Å². The Labute approximate surface area is 208 Å². The Hall–Kier alpha value is -4.64. The minimum absolute atomic E-state index is 0.0427. The third-order valence-electron chi connectivity index (χ3n) is 6.42. The quantitative estimate of drug-likeness (QED) is 0.247. The number of anilines is 2. The van der Waals surface area contributed by atoms with Crippen LogP contribution < -0.4 is 9.64 Å². The maximum absolute atomic E-state index is 13.7. The fourth-order valence-electron chi connectivity index (χ4n) is 4.74. The lowest BCUT2D eigenvalue weighted by Crippen LogP contribution is -2.20. The summed E-state index contributed by atoms with van der Waals surface area (Å²) in [5.74, 6) is 0.300. The van der Waals surface area contributed by atoms with Gasteiger partial charge in [-0.25, -0.2) is 4.39 Å². The molecule has 5 heteroatoms. The second-order valence-corrected chi connectivity index (χ2v) is 8.65. The number of aromatic nitrogens is 1. The van der Waals surface area contributed by atoms with Gasteiger partial charge in [0, 0.05) is 33.9 Å². The van der Waals surface area contributed by atoms with Gasteiger partial charge >= 0.3 is 0 Å². The number of rotatable bonds is 6. The number of carbonyl (C=O) groups excluding carboxylic acids is 1. The van der Waals surface area contributed by atoms with E-state index in [-0.39, 0.29) is 11.7 Å². The lowest BCUT2D eigenvalue weighted by atomic mass is 10.0. The number of hydrogen-bond acceptors (Lipinski definition) is 2. The van der Waals surface area contributed by atoms with E-state index in [9.17, 15) is 9.18 Å². The predicted octanol–water partition coefficient (Wildman–Crippen LogP) is 7.08. The zero-order valence-electron chi connectivity index (χ0n) is 19.5. The zero-order chi connectivity index (χ0) is 24.5. The molecular formula is C31H23FN2O2. The van der Waals surface area contributed by atoms with E-state index < -0.39 is 0 Å². The number of amides is 1. The summed E-state index contributed by atoms with van der Waals surface area (Å²) in [7, 11) is 0. The van der Waals surface area contributed by atoms with E-state index in [0.717, 1.165) is 33.4 Å². The van der Waals surface area contributed by atoms with Gasteiger partial charge in [-0.3, -0.25) is 9.69 Å². The van der Waals surface area contributed by atoms with Crippen LogP contribution in [0.4, 0.5) is 15.8 Å². The highest BCUT2D eigenvalue weighted by molar-refractivity contribution is 6.38. The van der Waals surface area contributed by atoms with Crippen LogP contribution in [0.3, 0.4) is 0 Å². The van der Waals surface area contributed by atoms with Crippen LogP contribution in [0.15, 0.2) is 109 Å². The molecule has 5 aromatic rings. The lowest BCUT2D eigenvalue weighted by Gasteiger charge is -2.16. The zero-order valence-corrected chi connectivity index (χ0v) is 19.5. The molecule has 0 saturated heterocycles. The van der Waals surface area contributed by atoms with Gasteiger partial charge in [0.05, 0.1) is 17.8 Å². The van der Waals surface area contributed by atoms with E-state index >= 15 is 0 Å². The molecule has 0 radical (unpaired) electrons. The highest BCUT2D eigenvalue weighted by Crippen LogP contribution is 2.42. The second-order valence-electron chi connectivity index (χ2n) is 8.65. The van der Waals surface area contributed by atoms with Crippen molar-refractivity contribution in [1.82, 2.24) is 4.57 Å². The first-order chi connectivity index (χ1) is 17.7. The van der Waals surface area contributed by atoms with Gasteiger partial charge in [0.1, 0.15) is 18.2 Å². The Bertz CT molecular complexity index is 1590. The molecule has 36 heavy (non-hydrogen) atoms. The average molecular weight is 475 g/mol. The number of halogens is 1. The molecule has 0 spiro atoms. The summed E-state index contributed by atoms with van der Waals surface area (Å²) in [6, 6.07) is 31.8. The fraction of sp³-hybridized carbons (Fsp3) is 0.0645. The first-order valence-corrected chi connectivity index (χ1v) is 11.9. The van der Waals surface area contributed by atoms with Gasteiger partial charge in [0.25, 0.3) is 5.91 Å². The molecule has 1 aliphatic heterocycles. The minimum atomic E-state index is -0.287. The molecule has 1 amide bonds. The smallest absolute Gasteiger partial charge is 0.263 e. The summed E-state index contributed by atoms with van der Waals surface area (Å²) in [4.78, 5) is 15.4. The van der Waals surface area contributed by atoms with Crippen LogP contribution in [0.1, 0.15) is 11.1 Å². The third-order valence-corrected chi connectivity index (χ3v) is 6.42. The molecule has 0 bridgehead atoms.